The third kappa shape index (κ3) is 4.64. The standard InChI is InChI=1S/C16H22FN3O3/c17-8-5-12-6-9-19(10-7-12)16(22)4-2-13-1-3-15(21)14(11-13)20(18)23/h1,3,11-12H,2,4-10H2,(H2-,18,21,23)/p+1. The number of hydrogen-bond donors (Lipinski definition) is 2. The van der Waals surface area contributed by atoms with Crippen LogP contribution in [-0.2, 0) is 11.2 Å². The SMILES string of the molecule is N[N+](=O)c1cc(CCC(=O)N2CCC(CCF)CC2)ccc1O. The molecule has 0 radical (unpaired) electrons. The summed E-state index contributed by atoms with van der Waals surface area (Å²) in [6.07, 6.45) is 3.11. The fraction of sp³-hybridized carbons (Fsp3) is 0.562. The summed E-state index contributed by atoms with van der Waals surface area (Å²) in [5, 5.41) is 9.53. The number of halogens is 1. The van der Waals surface area contributed by atoms with E-state index in [-0.39, 0.29) is 28.9 Å². The molecule has 0 aromatic heterocycles. The molecule has 23 heavy (non-hydrogen) atoms. The van der Waals surface area contributed by atoms with Crippen molar-refractivity contribution in [2.45, 2.75) is 32.1 Å². The number of hydrogen-bond acceptors (Lipinski definition) is 3. The number of amides is 1. The zero-order valence-electron chi connectivity index (χ0n) is 13.1. The van der Waals surface area contributed by atoms with Crippen LogP contribution in [0.2, 0.25) is 0 Å². The van der Waals surface area contributed by atoms with Crippen LogP contribution in [0, 0.1) is 10.8 Å². The molecule has 1 aliphatic rings. The number of nitrogens with zero attached hydrogens (tertiary/aromatic N) is 2. The summed E-state index contributed by atoms with van der Waals surface area (Å²) in [6.45, 7) is 1.07. The molecule has 1 heterocycles. The van der Waals surface area contributed by atoms with E-state index in [4.69, 9.17) is 5.84 Å². The average molecular weight is 324 g/mol. The number of alkyl halides is 1. The van der Waals surface area contributed by atoms with Crippen molar-refractivity contribution in [3.05, 3.63) is 28.7 Å². The molecule has 7 heteroatoms. The van der Waals surface area contributed by atoms with Crippen LogP contribution in [0.15, 0.2) is 18.2 Å². The zero-order chi connectivity index (χ0) is 16.8. The van der Waals surface area contributed by atoms with Crippen LogP contribution in [0.5, 0.6) is 5.75 Å². The quantitative estimate of drug-likeness (QED) is 0.477. The van der Waals surface area contributed by atoms with Crippen molar-refractivity contribution in [2.24, 2.45) is 11.8 Å². The number of piperidine rings is 1. The van der Waals surface area contributed by atoms with Gasteiger partial charge >= 0.3 is 5.69 Å². The Labute approximate surface area is 134 Å². The summed E-state index contributed by atoms with van der Waals surface area (Å²) in [4.78, 5) is 25.3. The van der Waals surface area contributed by atoms with Crippen molar-refractivity contribution >= 4 is 11.6 Å². The molecule has 1 fully saturated rings. The normalized spacial score (nSPS) is 15.6. The molecular weight excluding hydrogens is 301 g/mol. The number of phenolic OH excluding ortho intramolecular Hbond substituents is 1. The molecular formula is C16H23FN3O3+. The number of aromatic hydroxyl groups is 1. The second-order valence-corrected chi connectivity index (χ2v) is 5.95. The first kappa shape index (κ1) is 17.2. The minimum atomic E-state index is -0.292. The Bertz CT molecular complexity index is 572. The van der Waals surface area contributed by atoms with Crippen molar-refractivity contribution in [1.29, 1.82) is 0 Å². The molecule has 1 aromatic rings. The smallest absolute Gasteiger partial charge is 0.333 e. The number of hydrazine groups is 1. The van der Waals surface area contributed by atoms with Gasteiger partial charge < -0.3 is 10.0 Å². The predicted octanol–water partition coefficient (Wildman–Crippen LogP) is 2.21. The molecule has 6 nitrogen and oxygen atoms in total. The molecule has 2 rings (SSSR count). The molecule has 3 N–H and O–H groups in total. The first-order valence-corrected chi connectivity index (χ1v) is 7.89. The van der Waals surface area contributed by atoms with Gasteiger partial charge in [-0.25, -0.2) is 0 Å². The molecule has 126 valence electrons. The fourth-order valence-corrected chi connectivity index (χ4v) is 2.94. The number of benzene rings is 1. The molecule has 1 aliphatic heterocycles. The lowest BCUT2D eigenvalue weighted by molar-refractivity contribution is -0.475. The van der Waals surface area contributed by atoms with Crippen molar-refractivity contribution < 1.29 is 19.2 Å². The third-order valence-corrected chi connectivity index (χ3v) is 4.39. The van der Waals surface area contributed by atoms with E-state index in [1.54, 1.807) is 6.07 Å². The molecule has 0 saturated carbocycles. The summed E-state index contributed by atoms with van der Waals surface area (Å²) in [5.74, 6) is 5.37. The molecule has 1 amide bonds. The maximum absolute atomic E-state index is 12.3. The highest BCUT2D eigenvalue weighted by Crippen LogP contribution is 2.26. The lowest BCUT2D eigenvalue weighted by atomic mass is 9.94. The molecule has 0 bridgehead atoms. The Hall–Kier alpha value is -2.18. The average Bonchev–Trinajstić information content (AvgIpc) is 2.54. The predicted molar refractivity (Wildman–Crippen MR) is 83.8 cm³/mol. The maximum atomic E-state index is 12.3. The summed E-state index contributed by atoms with van der Waals surface area (Å²) in [7, 11) is 0. The number of rotatable bonds is 6. The topological polar surface area (TPSA) is 86.6 Å². The van der Waals surface area contributed by atoms with Gasteiger partial charge in [0.05, 0.1) is 11.6 Å². The van der Waals surface area contributed by atoms with Gasteiger partial charge in [0.15, 0.2) is 10.6 Å². The second-order valence-electron chi connectivity index (χ2n) is 5.95. The third-order valence-electron chi connectivity index (χ3n) is 4.39. The van der Waals surface area contributed by atoms with E-state index in [1.165, 1.54) is 12.1 Å². The number of likely N-dealkylation sites (tertiary alicyclic amines) is 1. The minimum Gasteiger partial charge on any atom is -0.502 e. The molecule has 0 spiro atoms. The summed E-state index contributed by atoms with van der Waals surface area (Å²) in [6, 6.07) is 4.56. The molecule has 0 unspecified atom stereocenters. The number of aryl methyl sites for hydroxylation is 1. The van der Waals surface area contributed by atoms with E-state index in [2.05, 4.69) is 0 Å². The number of nitrogens with two attached hydrogens (primary N) is 1. The second kappa shape index (κ2) is 7.89. The van der Waals surface area contributed by atoms with E-state index in [9.17, 15) is 19.2 Å². The van der Waals surface area contributed by atoms with Crippen molar-refractivity contribution in [3.63, 3.8) is 0 Å². The van der Waals surface area contributed by atoms with Crippen molar-refractivity contribution in [3.8, 4) is 5.75 Å². The van der Waals surface area contributed by atoms with Crippen LogP contribution in [0.25, 0.3) is 0 Å². The Morgan fingerprint density at radius 3 is 2.70 bits per heavy atom. The van der Waals surface area contributed by atoms with Gasteiger partial charge in [-0.05, 0) is 43.2 Å². The zero-order valence-corrected chi connectivity index (χ0v) is 13.1. The van der Waals surface area contributed by atoms with Crippen LogP contribution >= 0.6 is 0 Å². The molecule has 1 saturated heterocycles. The van der Waals surface area contributed by atoms with Crippen LogP contribution in [0.4, 0.5) is 10.1 Å². The van der Waals surface area contributed by atoms with Gasteiger partial charge in [0.1, 0.15) is 0 Å². The van der Waals surface area contributed by atoms with Gasteiger partial charge in [-0.3, -0.25) is 9.18 Å². The van der Waals surface area contributed by atoms with Gasteiger partial charge in [0, 0.05) is 25.6 Å². The van der Waals surface area contributed by atoms with E-state index in [0.717, 1.165) is 18.4 Å². The summed E-state index contributed by atoms with van der Waals surface area (Å²) < 4.78 is 12.3. The maximum Gasteiger partial charge on any atom is 0.333 e. The number of phenols is 1. The number of carbonyl (C=O) groups excluding carboxylic acids is 1. The lowest BCUT2D eigenvalue weighted by Crippen LogP contribution is -2.38. The summed E-state index contributed by atoms with van der Waals surface area (Å²) in [5.41, 5.74) is 0.756. The van der Waals surface area contributed by atoms with Gasteiger partial charge in [-0.15, -0.1) is 0 Å². The number of nitroso groups, excluding NO2 is 1. The summed E-state index contributed by atoms with van der Waals surface area (Å²) >= 11 is 0. The Morgan fingerprint density at radius 1 is 1.39 bits per heavy atom. The highest BCUT2D eigenvalue weighted by molar-refractivity contribution is 5.76. The van der Waals surface area contributed by atoms with Gasteiger partial charge in [0.2, 0.25) is 5.91 Å². The highest BCUT2D eigenvalue weighted by Gasteiger charge is 2.23. The van der Waals surface area contributed by atoms with E-state index < -0.39 is 0 Å². The van der Waals surface area contributed by atoms with Gasteiger partial charge in [0.25, 0.3) is 0 Å². The van der Waals surface area contributed by atoms with Crippen molar-refractivity contribution in [2.75, 3.05) is 19.8 Å². The number of carbonyl (C=O) groups is 1. The minimum absolute atomic E-state index is 0.0121. The largest absolute Gasteiger partial charge is 0.502 e. The highest BCUT2D eigenvalue weighted by atomic mass is 19.1. The molecule has 0 atom stereocenters. The Kier molecular flexibility index (Phi) is 5.90. The van der Waals surface area contributed by atoms with Gasteiger partial charge in [-0.2, -0.15) is 5.84 Å². The Morgan fingerprint density at radius 2 is 2.09 bits per heavy atom. The van der Waals surface area contributed by atoms with Crippen LogP contribution in [-0.4, -0.2) is 40.5 Å². The Balaban J connectivity index is 1.85. The van der Waals surface area contributed by atoms with E-state index in [1.807, 2.05) is 4.90 Å². The van der Waals surface area contributed by atoms with Crippen LogP contribution < -0.4 is 5.84 Å². The van der Waals surface area contributed by atoms with Crippen LogP contribution in [0.3, 0.4) is 0 Å². The fourth-order valence-electron chi connectivity index (χ4n) is 2.94. The van der Waals surface area contributed by atoms with E-state index in [0.29, 0.717) is 38.3 Å². The molecule has 0 aliphatic carbocycles. The van der Waals surface area contributed by atoms with Crippen molar-refractivity contribution in [1.82, 2.24) is 4.90 Å². The molecule has 1 aromatic carbocycles. The van der Waals surface area contributed by atoms with E-state index >= 15 is 0 Å². The lowest BCUT2D eigenvalue weighted by Gasteiger charge is -2.31. The first-order chi connectivity index (χ1) is 11.0. The van der Waals surface area contributed by atoms with Crippen LogP contribution in [0.1, 0.15) is 31.2 Å². The van der Waals surface area contributed by atoms with Gasteiger partial charge in [-0.1, -0.05) is 6.07 Å². The first-order valence-electron chi connectivity index (χ1n) is 7.89. The monoisotopic (exact) mass is 324 g/mol.